The van der Waals surface area contributed by atoms with Crippen molar-refractivity contribution in [1.82, 2.24) is 4.72 Å². The van der Waals surface area contributed by atoms with E-state index in [1.165, 1.54) is 0 Å². The summed E-state index contributed by atoms with van der Waals surface area (Å²) in [5, 5.41) is 9.54. The third kappa shape index (κ3) is 3.90. The zero-order chi connectivity index (χ0) is 15.6. The van der Waals surface area contributed by atoms with Crippen LogP contribution in [0.3, 0.4) is 0 Å². The van der Waals surface area contributed by atoms with Gasteiger partial charge in [-0.05, 0) is 37.3 Å². The summed E-state index contributed by atoms with van der Waals surface area (Å²) < 4.78 is 53.2. The molecule has 0 spiro atoms. The van der Waals surface area contributed by atoms with Gasteiger partial charge in [-0.2, -0.15) is 0 Å². The maximum Gasteiger partial charge on any atom is 0.243 e. The fourth-order valence-corrected chi connectivity index (χ4v) is 3.77. The predicted molar refractivity (Wildman–Crippen MR) is 73.9 cm³/mol. The molecule has 118 valence electrons. The second kappa shape index (κ2) is 6.25. The lowest BCUT2D eigenvalue weighted by Gasteiger charge is -2.25. The summed E-state index contributed by atoms with van der Waals surface area (Å²) in [5.74, 6) is -2.76. The van der Waals surface area contributed by atoms with E-state index in [1.54, 1.807) is 0 Å². The van der Waals surface area contributed by atoms with Gasteiger partial charge in [-0.15, -0.1) is 0 Å². The molecule has 2 unspecified atom stereocenters. The molecule has 1 saturated carbocycles. The van der Waals surface area contributed by atoms with Crippen molar-refractivity contribution in [2.75, 3.05) is 12.3 Å². The van der Waals surface area contributed by atoms with Crippen molar-refractivity contribution in [3.63, 3.8) is 0 Å². The van der Waals surface area contributed by atoms with Crippen molar-refractivity contribution >= 4 is 15.7 Å². The number of rotatable bonds is 4. The number of anilines is 1. The number of aliphatic hydroxyl groups is 1. The second-order valence-electron chi connectivity index (χ2n) is 5.35. The Morgan fingerprint density at radius 2 is 2.05 bits per heavy atom. The van der Waals surface area contributed by atoms with Gasteiger partial charge >= 0.3 is 0 Å². The predicted octanol–water partition coefficient (Wildman–Crippen LogP) is 1.38. The monoisotopic (exact) mass is 320 g/mol. The van der Waals surface area contributed by atoms with E-state index < -0.39 is 32.7 Å². The topological polar surface area (TPSA) is 92.4 Å². The average molecular weight is 320 g/mol. The van der Waals surface area contributed by atoms with Gasteiger partial charge in [0, 0.05) is 12.2 Å². The number of nitrogens with one attached hydrogen (secondary N) is 1. The molecule has 1 aromatic carbocycles. The first-order chi connectivity index (χ1) is 9.79. The zero-order valence-electron chi connectivity index (χ0n) is 11.4. The van der Waals surface area contributed by atoms with Crippen LogP contribution in [-0.4, -0.2) is 26.2 Å². The molecule has 1 aliphatic carbocycles. The van der Waals surface area contributed by atoms with Crippen LogP contribution in [-0.2, 0) is 10.0 Å². The largest absolute Gasteiger partial charge is 0.399 e. The molecule has 5 nitrogen and oxygen atoms in total. The van der Waals surface area contributed by atoms with Crippen LogP contribution in [0.5, 0.6) is 0 Å². The summed E-state index contributed by atoms with van der Waals surface area (Å²) in [7, 11) is -4.18. The molecule has 0 radical (unpaired) electrons. The molecule has 2 rings (SSSR count). The number of benzene rings is 1. The lowest BCUT2D eigenvalue weighted by molar-refractivity contribution is 0.102. The summed E-state index contributed by atoms with van der Waals surface area (Å²) in [4.78, 5) is -0.795. The van der Waals surface area contributed by atoms with Crippen LogP contribution >= 0.6 is 0 Å². The Morgan fingerprint density at radius 1 is 1.33 bits per heavy atom. The second-order valence-corrected chi connectivity index (χ2v) is 7.09. The van der Waals surface area contributed by atoms with Gasteiger partial charge in [-0.3, -0.25) is 0 Å². The van der Waals surface area contributed by atoms with E-state index >= 15 is 0 Å². The molecule has 1 aliphatic rings. The Labute approximate surface area is 122 Å². The molecule has 21 heavy (non-hydrogen) atoms. The minimum Gasteiger partial charge on any atom is -0.399 e. The zero-order valence-corrected chi connectivity index (χ0v) is 12.2. The number of hydrogen-bond acceptors (Lipinski definition) is 4. The van der Waals surface area contributed by atoms with Gasteiger partial charge in [-0.1, -0.05) is 6.42 Å². The molecule has 1 aromatic rings. The fraction of sp³-hybridized carbons (Fsp3) is 0.538. The maximum absolute atomic E-state index is 13.6. The first kappa shape index (κ1) is 16.1. The van der Waals surface area contributed by atoms with Crippen LogP contribution in [0, 0.1) is 17.6 Å². The molecule has 0 aromatic heterocycles. The number of nitrogens with two attached hydrogens (primary N) is 1. The quantitative estimate of drug-likeness (QED) is 0.731. The Balaban J connectivity index is 2.12. The van der Waals surface area contributed by atoms with Gasteiger partial charge in [0.1, 0.15) is 4.90 Å². The van der Waals surface area contributed by atoms with Crippen molar-refractivity contribution in [3.8, 4) is 0 Å². The minimum absolute atomic E-state index is 0.0162. The lowest BCUT2D eigenvalue weighted by Crippen LogP contribution is -2.33. The highest BCUT2D eigenvalue weighted by Crippen LogP contribution is 2.25. The van der Waals surface area contributed by atoms with Gasteiger partial charge < -0.3 is 10.8 Å². The van der Waals surface area contributed by atoms with Crippen molar-refractivity contribution in [1.29, 1.82) is 0 Å². The van der Waals surface area contributed by atoms with E-state index in [-0.39, 0.29) is 18.2 Å². The highest BCUT2D eigenvalue weighted by Gasteiger charge is 2.25. The van der Waals surface area contributed by atoms with Crippen LogP contribution in [0.1, 0.15) is 25.7 Å². The first-order valence-corrected chi connectivity index (χ1v) is 8.20. The summed E-state index contributed by atoms with van der Waals surface area (Å²) in [6, 6.07) is 1.61. The lowest BCUT2D eigenvalue weighted by atomic mass is 9.87. The van der Waals surface area contributed by atoms with Crippen LogP contribution in [0.25, 0.3) is 0 Å². The Kier molecular flexibility index (Phi) is 4.80. The normalized spacial score (nSPS) is 23.2. The van der Waals surface area contributed by atoms with Gasteiger partial charge in [0.05, 0.1) is 6.10 Å². The molecule has 0 bridgehead atoms. The smallest absolute Gasteiger partial charge is 0.243 e. The SMILES string of the molecule is Nc1cc(F)c(F)c(S(=O)(=O)NCC2CCCC(O)C2)c1. The summed E-state index contributed by atoms with van der Waals surface area (Å²) >= 11 is 0. The Bertz CT molecular complexity index is 622. The molecule has 0 heterocycles. The van der Waals surface area contributed by atoms with Gasteiger partial charge in [0.2, 0.25) is 10.0 Å². The van der Waals surface area contributed by atoms with Crippen LogP contribution in [0.4, 0.5) is 14.5 Å². The number of sulfonamides is 1. The highest BCUT2D eigenvalue weighted by molar-refractivity contribution is 7.89. The fourth-order valence-electron chi connectivity index (χ4n) is 2.53. The number of nitrogen functional groups attached to an aromatic ring is 1. The molecule has 1 fully saturated rings. The molecule has 0 aliphatic heterocycles. The molecule has 4 N–H and O–H groups in total. The number of hydrogen-bond donors (Lipinski definition) is 3. The Hall–Kier alpha value is -1.25. The number of aliphatic hydroxyl groups excluding tert-OH is 1. The van der Waals surface area contributed by atoms with Crippen molar-refractivity contribution < 1.29 is 22.3 Å². The highest BCUT2D eigenvalue weighted by atomic mass is 32.2. The molecular formula is C13H18F2N2O3S. The first-order valence-electron chi connectivity index (χ1n) is 6.72. The van der Waals surface area contributed by atoms with Crippen molar-refractivity contribution in [2.24, 2.45) is 5.92 Å². The third-order valence-electron chi connectivity index (χ3n) is 3.62. The summed E-state index contributed by atoms with van der Waals surface area (Å²) in [6.45, 7) is 0.0786. The Morgan fingerprint density at radius 3 is 2.71 bits per heavy atom. The van der Waals surface area contributed by atoms with E-state index in [4.69, 9.17) is 5.73 Å². The van der Waals surface area contributed by atoms with E-state index in [1.807, 2.05) is 0 Å². The molecule has 0 saturated heterocycles. The maximum atomic E-state index is 13.6. The molecular weight excluding hydrogens is 302 g/mol. The summed E-state index contributed by atoms with van der Waals surface area (Å²) in [5.41, 5.74) is 5.19. The van der Waals surface area contributed by atoms with E-state index in [2.05, 4.69) is 4.72 Å². The van der Waals surface area contributed by atoms with E-state index in [0.717, 1.165) is 25.0 Å². The average Bonchev–Trinajstić information content (AvgIpc) is 2.41. The van der Waals surface area contributed by atoms with Gasteiger partial charge in [-0.25, -0.2) is 21.9 Å². The standard InChI is InChI=1S/C13H18F2N2O3S/c14-11-5-9(16)6-12(13(11)15)21(19,20)17-7-8-2-1-3-10(18)4-8/h5-6,8,10,17-18H,1-4,7,16H2. The molecule has 8 heteroatoms. The van der Waals surface area contributed by atoms with Gasteiger partial charge in [0.15, 0.2) is 11.6 Å². The molecule has 2 atom stereocenters. The molecule has 0 amide bonds. The summed E-state index contributed by atoms with van der Waals surface area (Å²) in [6.07, 6.45) is 2.37. The minimum atomic E-state index is -4.18. The van der Waals surface area contributed by atoms with Crippen LogP contribution in [0.15, 0.2) is 17.0 Å². The van der Waals surface area contributed by atoms with E-state index in [0.29, 0.717) is 12.8 Å². The van der Waals surface area contributed by atoms with Crippen molar-refractivity contribution in [3.05, 3.63) is 23.8 Å². The van der Waals surface area contributed by atoms with E-state index in [9.17, 15) is 22.3 Å². The van der Waals surface area contributed by atoms with Crippen LogP contribution < -0.4 is 10.5 Å². The number of halogens is 2. The van der Waals surface area contributed by atoms with Gasteiger partial charge in [0.25, 0.3) is 0 Å². The van der Waals surface area contributed by atoms with Crippen LogP contribution in [0.2, 0.25) is 0 Å². The third-order valence-corrected chi connectivity index (χ3v) is 5.05. The van der Waals surface area contributed by atoms with Crippen molar-refractivity contribution in [2.45, 2.75) is 36.7 Å².